The summed E-state index contributed by atoms with van der Waals surface area (Å²) in [5, 5.41) is 2.12. The Morgan fingerprint density at radius 2 is 1.94 bits per heavy atom. The molecule has 0 saturated heterocycles. The summed E-state index contributed by atoms with van der Waals surface area (Å²) in [6.07, 6.45) is 3.01. The van der Waals surface area contributed by atoms with Crippen molar-refractivity contribution in [1.29, 1.82) is 0 Å². The fraction of sp³-hybridized carbons (Fsp3) is 0.346. The molecule has 2 aromatic carbocycles. The highest BCUT2D eigenvalue weighted by Gasteiger charge is 2.26. The SMILES string of the molecule is COc1ccc(CN(CC(=O)N2CCCc3ccccc32)C(C)Cc2cccs2)cc1. The maximum atomic E-state index is 13.4. The number of methoxy groups -OCH3 is 1. The molecule has 4 nitrogen and oxygen atoms in total. The van der Waals surface area contributed by atoms with Gasteiger partial charge in [0.15, 0.2) is 0 Å². The van der Waals surface area contributed by atoms with E-state index >= 15 is 0 Å². The summed E-state index contributed by atoms with van der Waals surface area (Å²) >= 11 is 1.78. The van der Waals surface area contributed by atoms with Crippen molar-refractivity contribution in [1.82, 2.24) is 4.90 Å². The third-order valence-corrected chi connectivity index (χ3v) is 6.89. The van der Waals surface area contributed by atoms with Crippen LogP contribution in [-0.4, -0.2) is 37.0 Å². The number of anilines is 1. The Hall–Kier alpha value is -2.63. The molecule has 0 fully saturated rings. The second-order valence-electron chi connectivity index (χ2n) is 8.16. The van der Waals surface area contributed by atoms with E-state index in [4.69, 9.17) is 4.74 Å². The number of rotatable bonds is 8. The molecule has 0 bridgehead atoms. The van der Waals surface area contributed by atoms with Crippen molar-refractivity contribution in [3.63, 3.8) is 0 Å². The number of aryl methyl sites for hydroxylation is 1. The van der Waals surface area contributed by atoms with E-state index in [0.29, 0.717) is 6.54 Å². The molecule has 0 radical (unpaired) electrons. The largest absolute Gasteiger partial charge is 0.497 e. The van der Waals surface area contributed by atoms with Gasteiger partial charge in [-0.2, -0.15) is 0 Å². The number of thiophene rings is 1. The summed E-state index contributed by atoms with van der Waals surface area (Å²) in [4.78, 5) is 19.1. The summed E-state index contributed by atoms with van der Waals surface area (Å²) in [6.45, 7) is 4.16. The normalized spacial score (nSPS) is 14.4. The first-order chi connectivity index (χ1) is 15.1. The van der Waals surface area contributed by atoms with Gasteiger partial charge in [-0.1, -0.05) is 36.4 Å². The summed E-state index contributed by atoms with van der Waals surface area (Å²) in [5.41, 5.74) is 3.54. The topological polar surface area (TPSA) is 32.8 Å². The highest BCUT2D eigenvalue weighted by atomic mass is 32.1. The highest BCUT2D eigenvalue weighted by molar-refractivity contribution is 7.09. The highest BCUT2D eigenvalue weighted by Crippen LogP contribution is 2.27. The molecule has 1 unspecified atom stereocenters. The standard InChI is InChI=1S/C26H30N2O2S/c1-20(17-24-9-6-16-31-24)27(18-21-11-13-23(30-2)14-12-21)19-26(29)28-15-5-8-22-7-3-4-10-25(22)28/h3-4,6-7,9-14,16,20H,5,8,15,17-19H2,1-2H3. The molecular weight excluding hydrogens is 404 g/mol. The molecule has 0 N–H and O–H groups in total. The van der Waals surface area contributed by atoms with Crippen LogP contribution in [0.5, 0.6) is 5.75 Å². The molecule has 1 amide bonds. The van der Waals surface area contributed by atoms with E-state index in [2.05, 4.69) is 59.7 Å². The quantitative estimate of drug-likeness (QED) is 0.490. The summed E-state index contributed by atoms with van der Waals surface area (Å²) in [7, 11) is 1.68. The zero-order valence-corrected chi connectivity index (χ0v) is 19.1. The zero-order valence-electron chi connectivity index (χ0n) is 18.3. The zero-order chi connectivity index (χ0) is 21.6. The number of hydrogen-bond acceptors (Lipinski definition) is 4. The smallest absolute Gasteiger partial charge is 0.241 e. The lowest BCUT2D eigenvalue weighted by atomic mass is 10.0. The van der Waals surface area contributed by atoms with Crippen molar-refractivity contribution >= 4 is 22.9 Å². The van der Waals surface area contributed by atoms with Crippen molar-refractivity contribution in [2.75, 3.05) is 25.1 Å². The van der Waals surface area contributed by atoms with Gasteiger partial charge in [0.2, 0.25) is 5.91 Å². The van der Waals surface area contributed by atoms with Gasteiger partial charge in [-0.3, -0.25) is 9.69 Å². The Balaban J connectivity index is 1.52. The van der Waals surface area contributed by atoms with Gasteiger partial charge < -0.3 is 9.64 Å². The molecule has 31 heavy (non-hydrogen) atoms. The number of carbonyl (C=O) groups excluding carboxylic acids is 1. The lowest BCUT2D eigenvalue weighted by Crippen LogP contribution is -2.45. The van der Waals surface area contributed by atoms with Gasteiger partial charge in [-0.05, 0) is 67.0 Å². The first-order valence-electron chi connectivity index (χ1n) is 10.9. The fourth-order valence-corrected chi connectivity index (χ4v) is 5.06. The third-order valence-electron chi connectivity index (χ3n) is 5.99. The number of benzene rings is 2. The van der Waals surface area contributed by atoms with Crippen molar-refractivity contribution in [3.8, 4) is 5.75 Å². The molecule has 2 heterocycles. The molecule has 162 valence electrons. The van der Waals surface area contributed by atoms with Crippen LogP contribution in [0.3, 0.4) is 0 Å². The second kappa shape index (κ2) is 10.1. The number of nitrogens with zero attached hydrogens (tertiary/aromatic N) is 2. The summed E-state index contributed by atoms with van der Waals surface area (Å²) in [6, 6.07) is 21.0. The number of para-hydroxylation sites is 1. The van der Waals surface area contributed by atoms with Crippen LogP contribution in [-0.2, 0) is 24.2 Å². The Kier molecular flexibility index (Phi) is 7.05. The number of fused-ring (bicyclic) bond motifs is 1. The monoisotopic (exact) mass is 434 g/mol. The molecule has 0 saturated carbocycles. The van der Waals surface area contributed by atoms with E-state index in [1.54, 1.807) is 18.4 Å². The van der Waals surface area contributed by atoms with E-state index in [0.717, 1.165) is 43.8 Å². The van der Waals surface area contributed by atoms with Gasteiger partial charge in [0, 0.05) is 29.7 Å². The van der Waals surface area contributed by atoms with Crippen molar-refractivity contribution in [3.05, 3.63) is 82.0 Å². The van der Waals surface area contributed by atoms with Crippen molar-refractivity contribution in [2.45, 2.75) is 38.8 Å². The van der Waals surface area contributed by atoms with E-state index in [9.17, 15) is 4.79 Å². The molecule has 1 aromatic heterocycles. The van der Waals surface area contributed by atoms with Crippen LogP contribution in [0.25, 0.3) is 0 Å². The number of ether oxygens (including phenoxy) is 1. The molecule has 1 atom stereocenters. The van der Waals surface area contributed by atoms with Crippen LogP contribution in [0.1, 0.15) is 29.3 Å². The fourth-order valence-electron chi connectivity index (χ4n) is 4.23. The number of amides is 1. The molecule has 1 aliphatic heterocycles. The van der Waals surface area contributed by atoms with Crippen molar-refractivity contribution in [2.24, 2.45) is 0 Å². The molecule has 1 aliphatic rings. The van der Waals surface area contributed by atoms with Gasteiger partial charge in [-0.25, -0.2) is 0 Å². The lowest BCUT2D eigenvalue weighted by Gasteiger charge is -2.34. The van der Waals surface area contributed by atoms with Crippen LogP contribution in [0.15, 0.2) is 66.0 Å². The van der Waals surface area contributed by atoms with Crippen molar-refractivity contribution < 1.29 is 9.53 Å². The van der Waals surface area contributed by atoms with E-state index in [-0.39, 0.29) is 11.9 Å². The first-order valence-corrected chi connectivity index (χ1v) is 11.8. The van der Waals surface area contributed by atoms with Crippen LogP contribution < -0.4 is 9.64 Å². The van der Waals surface area contributed by atoms with E-state index < -0.39 is 0 Å². The molecule has 5 heteroatoms. The van der Waals surface area contributed by atoms with Gasteiger partial charge in [-0.15, -0.1) is 11.3 Å². The van der Waals surface area contributed by atoms with Gasteiger partial charge in [0.1, 0.15) is 5.75 Å². The van der Waals surface area contributed by atoms with Crippen LogP contribution >= 0.6 is 11.3 Å². The Labute approximate surface area is 189 Å². The predicted octanol–water partition coefficient (Wildman–Crippen LogP) is 5.17. The minimum Gasteiger partial charge on any atom is -0.497 e. The van der Waals surface area contributed by atoms with Gasteiger partial charge in [0.05, 0.1) is 13.7 Å². The maximum absolute atomic E-state index is 13.4. The van der Waals surface area contributed by atoms with E-state index in [1.807, 2.05) is 23.1 Å². The average molecular weight is 435 g/mol. The molecule has 4 rings (SSSR count). The second-order valence-corrected chi connectivity index (χ2v) is 9.20. The minimum atomic E-state index is 0.179. The predicted molar refractivity (Wildman–Crippen MR) is 128 cm³/mol. The minimum absolute atomic E-state index is 0.179. The lowest BCUT2D eigenvalue weighted by molar-refractivity contribution is -0.120. The Morgan fingerprint density at radius 3 is 2.68 bits per heavy atom. The summed E-state index contributed by atoms with van der Waals surface area (Å²) in [5.74, 6) is 1.03. The Morgan fingerprint density at radius 1 is 1.13 bits per heavy atom. The van der Waals surface area contributed by atoms with Crippen LogP contribution in [0.2, 0.25) is 0 Å². The molecule has 3 aromatic rings. The Bertz CT molecular complexity index is 985. The molecular formula is C26H30N2O2S. The number of hydrogen-bond donors (Lipinski definition) is 0. The average Bonchev–Trinajstić information content (AvgIpc) is 3.31. The third kappa shape index (κ3) is 5.35. The number of carbonyl (C=O) groups is 1. The van der Waals surface area contributed by atoms with Gasteiger partial charge >= 0.3 is 0 Å². The first kappa shape index (κ1) is 21.6. The van der Waals surface area contributed by atoms with Crippen LogP contribution in [0.4, 0.5) is 5.69 Å². The van der Waals surface area contributed by atoms with Crippen LogP contribution in [0, 0.1) is 0 Å². The summed E-state index contributed by atoms with van der Waals surface area (Å²) < 4.78 is 5.30. The molecule has 0 aliphatic carbocycles. The van der Waals surface area contributed by atoms with E-state index in [1.165, 1.54) is 16.0 Å². The maximum Gasteiger partial charge on any atom is 0.241 e. The molecule has 0 spiro atoms. The van der Waals surface area contributed by atoms with Gasteiger partial charge in [0.25, 0.3) is 0 Å².